The van der Waals surface area contributed by atoms with Crippen molar-refractivity contribution < 1.29 is 9.59 Å². The quantitative estimate of drug-likeness (QED) is 0.306. The van der Waals surface area contributed by atoms with Crippen molar-refractivity contribution in [2.45, 2.75) is 72.5 Å². The Morgan fingerprint density at radius 1 is 1.00 bits per heavy atom. The molecule has 0 aliphatic carbocycles. The van der Waals surface area contributed by atoms with Crippen LogP contribution in [0.4, 0.5) is 0 Å². The number of nitriles is 1. The average Bonchev–Trinajstić information content (AvgIpc) is 3.20. The van der Waals surface area contributed by atoms with E-state index in [1.54, 1.807) is 4.90 Å². The molecule has 1 fully saturated rings. The van der Waals surface area contributed by atoms with Gasteiger partial charge in [0.2, 0.25) is 5.91 Å². The highest BCUT2D eigenvalue weighted by atomic mass is 32.2. The lowest BCUT2D eigenvalue weighted by atomic mass is 10.0. The Bertz CT molecular complexity index is 993. The van der Waals surface area contributed by atoms with Crippen LogP contribution in [0.25, 0.3) is 0 Å². The summed E-state index contributed by atoms with van der Waals surface area (Å²) in [6.45, 7) is 12.4. The fourth-order valence-electron chi connectivity index (χ4n) is 3.63. The lowest BCUT2D eigenvalue weighted by molar-refractivity contribution is -0.127. The Kier molecular flexibility index (Phi) is 13.7. The van der Waals surface area contributed by atoms with E-state index in [-0.39, 0.29) is 28.9 Å². The number of nitrogens with zero attached hydrogens (tertiary/aromatic N) is 2. The maximum absolute atomic E-state index is 12.9. The normalized spacial score (nSPS) is 16.0. The van der Waals surface area contributed by atoms with E-state index in [0.29, 0.717) is 24.4 Å². The molecule has 1 unspecified atom stereocenters. The van der Waals surface area contributed by atoms with Crippen molar-refractivity contribution in [1.82, 2.24) is 4.90 Å². The molecule has 0 radical (unpaired) electrons. The third-order valence-corrected chi connectivity index (χ3v) is 6.75. The number of thioether (sulfide) groups is 1. The number of amides is 1. The molecule has 1 atom stereocenters. The molecule has 1 aliphatic heterocycles. The molecule has 1 aliphatic rings. The summed E-state index contributed by atoms with van der Waals surface area (Å²) >= 11 is 1.37. The van der Waals surface area contributed by atoms with E-state index in [1.807, 2.05) is 96.1 Å². The van der Waals surface area contributed by atoms with E-state index in [2.05, 4.69) is 6.07 Å². The van der Waals surface area contributed by atoms with Crippen LogP contribution in [0.15, 0.2) is 65.2 Å². The van der Waals surface area contributed by atoms with Crippen molar-refractivity contribution in [2.75, 3.05) is 6.54 Å². The summed E-state index contributed by atoms with van der Waals surface area (Å²) in [5, 5.41) is 9.99. The smallest absolute Gasteiger partial charge is 0.240 e. The Hall–Kier alpha value is -2.84. The molecule has 0 bridgehead atoms. The van der Waals surface area contributed by atoms with Crippen molar-refractivity contribution in [2.24, 2.45) is 0 Å². The van der Waals surface area contributed by atoms with Gasteiger partial charge in [0.25, 0.3) is 0 Å². The van der Waals surface area contributed by atoms with E-state index in [1.165, 1.54) is 17.3 Å². The zero-order valence-electron chi connectivity index (χ0n) is 21.4. The number of aryl methyl sites for hydroxylation is 3. The number of carbonyl (C=O) groups is 2. The summed E-state index contributed by atoms with van der Waals surface area (Å²) in [6, 6.07) is 20.1. The highest BCUT2D eigenvalue weighted by Gasteiger charge is 2.38. The monoisotopic (exact) mass is 478 g/mol. The summed E-state index contributed by atoms with van der Waals surface area (Å²) in [4.78, 5) is 27.4. The van der Waals surface area contributed by atoms with Crippen molar-refractivity contribution >= 4 is 23.5 Å². The van der Waals surface area contributed by atoms with E-state index in [0.717, 1.165) is 17.5 Å². The zero-order valence-corrected chi connectivity index (χ0v) is 22.2. The number of hydrogen-bond acceptors (Lipinski definition) is 4. The Balaban J connectivity index is 0.00000137. The molecule has 182 valence electrons. The second-order valence-corrected chi connectivity index (χ2v) is 8.55. The Morgan fingerprint density at radius 2 is 1.62 bits per heavy atom. The molecule has 0 spiro atoms. The second-order valence-electron chi connectivity index (χ2n) is 7.35. The van der Waals surface area contributed by atoms with Gasteiger partial charge in [-0.15, -0.1) is 0 Å². The number of allylic oxidation sites excluding steroid dienone is 1. The summed E-state index contributed by atoms with van der Waals surface area (Å²) in [5.41, 5.74) is 3.54. The molecule has 3 rings (SSSR count). The molecule has 2 aromatic rings. The van der Waals surface area contributed by atoms with E-state index in [4.69, 9.17) is 0 Å². The van der Waals surface area contributed by atoms with Crippen LogP contribution in [0.3, 0.4) is 0 Å². The SMILES string of the molecule is CC.CC.CCN1C(=O)C(CCc2ccccc2)S/C1=C(/C#N)C(=O)CCc1ccccc1C. The van der Waals surface area contributed by atoms with Gasteiger partial charge in [-0.05, 0) is 49.8 Å². The van der Waals surface area contributed by atoms with Gasteiger partial charge in [-0.2, -0.15) is 5.26 Å². The minimum atomic E-state index is -0.257. The van der Waals surface area contributed by atoms with E-state index < -0.39 is 0 Å². The van der Waals surface area contributed by atoms with Gasteiger partial charge < -0.3 is 4.90 Å². The van der Waals surface area contributed by atoms with Crippen molar-refractivity contribution in [3.63, 3.8) is 0 Å². The fourth-order valence-corrected chi connectivity index (χ4v) is 4.99. The van der Waals surface area contributed by atoms with Crippen LogP contribution >= 0.6 is 11.8 Å². The minimum absolute atomic E-state index is 0.00659. The van der Waals surface area contributed by atoms with Gasteiger partial charge in [-0.25, -0.2) is 0 Å². The van der Waals surface area contributed by atoms with Gasteiger partial charge in [-0.3, -0.25) is 9.59 Å². The summed E-state index contributed by atoms with van der Waals surface area (Å²) < 4.78 is 0. The summed E-state index contributed by atoms with van der Waals surface area (Å²) in [7, 11) is 0. The maximum Gasteiger partial charge on any atom is 0.240 e. The average molecular weight is 479 g/mol. The van der Waals surface area contributed by atoms with Gasteiger partial charge in [0.1, 0.15) is 11.6 Å². The first-order chi connectivity index (χ1) is 16.5. The van der Waals surface area contributed by atoms with Crippen LogP contribution in [-0.4, -0.2) is 28.4 Å². The van der Waals surface area contributed by atoms with Crippen LogP contribution in [0, 0.1) is 18.3 Å². The number of benzene rings is 2. The molecule has 34 heavy (non-hydrogen) atoms. The Morgan fingerprint density at radius 3 is 2.21 bits per heavy atom. The zero-order chi connectivity index (χ0) is 25.5. The Labute approximate surface area is 210 Å². The lowest BCUT2D eigenvalue weighted by Crippen LogP contribution is -2.29. The molecular formula is C29H38N2O2S. The minimum Gasteiger partial charge on any atom is -0.305 e. The van der Waals surface area contributed by atoms with Crippen molar-refractivity contribution in [3.05, 3.63) is 81.9 Å². The highest BCUT2D eigenvalue weighted by molar-refractivity contribution is 8.04. The number of Topliss-reactive ketones (excluding diaryl/α,β-unsaturated/α-hetero) is 1. The summed E-state index contributed by atoms with van der Waals surface area (Å²) in [5.74, 6) is -0.203. The highest BCUT2D eigenvalue weighted by Crippen LogP contribution is 2.39. The standard InChI is InChI=1S/C25H26N2O2S.2C2H6/c1-3-27-24(29)23(16-13-19-10-5-4-6-11-19)30-25(27)21(17-26)22(28)15-14-20-12-8-7-9-18(20)2;2*1-2/h4-12,23H,3,13-16H2,1-2H3;2*1-2H3/b25-21-;;. The number of rotatable bonds is 8. The molecule has 0 aromatic heterocycles. The topological polar surface area (TPSA) is 61.2 Å². The molecule has 0 N–H and O–H groups in total. The first-order valence-corrected chi connectivity index (χ1v) is 13.2. The first kappa shape index (κ1) is 29.2. The van der Waals surface area contributed by atoms with E-state index >= 15 is 0 Å². The largest absolute Gasteiger partial charge is 0.305 e. The summed E-state index contributed by atoms with van der Waals surface area (Å²) in [6.07, 6.45) is 2.33. The molecule has 1 amide bonds. The van der Waals surface area contributed by atoms with Gasteiger partial charge in [-0.1, -0.05) is 94.1 Å². The maximum atomic E-state index is 12.9. The van der Waals surface area contributed by atoms with Crippen molar-refractivity contribution in [3.8, 4) is 6.07 Å². The van der Waals surface area contributed by atoms with Crippen LogP contribution < -0.4 is 0 Å². The van der Waals surface area contributed by atoms with Gasteiger partial charge >= 0.3 is 0 Å². The lowest BCUT2D eigenvalue weighted by Gasteiger charge is -2.15. The molecule has 2 aromatic carbocycles. The molecule has 1 saturated heterocycles. The fraction of sp³-hybridized carbons (Fsp3) is 0.414. The number of ketones is 1. The van der Waals surface area contributed by atoms with Gasteiger partial charge in [0.05, 0.1) is 10.3 Å². The first-order valence-electron chi connectivity index (χ1n) is 12.3. The molecule has 4 nitrogen and oxygen atoms in total. The molecular weight excluding hydrogens is 440 g/mol. The van der Waals surface area contributed by atoms with Crippen LogP contribution in [0.1, 0.15) is 64.2 Å². The van der Waals surface area contributed by atoms with Crippen LogP contribution in [0.5, 0.6) is 0 Å². The van der Waals surface area contributed by atoms with Crippen LogP contribution in [-0.2, 0) is 22.4 Å². The second kappa shape index (κ2) is 15.9. The third-order valence-electron chi connectivity index (χ3n) is 5.38. The predicted octanol–water partition coefficient (Wildman–Crippen LogP) is 6.88. The van der Waals surface area contributed by atoms with Crippen molar-refractivity contribution in [1.29, 1.82) is 5.26 Å². The molecule has 1 heterocycles. The predicted molar refractivity (Wildman–Crippen MR) is 143 cm³/mol. The molecule has 5 heteroatoms. The number of hydrogen-bond donors (Lipinski definition) is 0. The van der Waals surface area contributed by atoms with Gasteiger partial charge in [0, 0.05) is 13.0 Å². The molecule has 0 saturated carbocycles. The van der Waals surface area contributed by atoms with E-state index in [9.17, 15) is 14.9 Å². The third kappa shape index (κ3) is 7.88. The number of carbonyl (C=O) groups excluding carboxylic acids is 2. The van der Waals surface area contributed by atoms with Gasteiger partial charge in [0.15, 0.2) is 5.78 Å². The van der Waals surface area contributed by atoms with Crippen LogP contribution in [0.2, 0.25) is 0 Å².